The average Bonchev–Trinajstić information content (AvgIpc) is 2.72. The minimum Gasteiger partial charge on any atom is -0.496 e. The third-order valence-electron chi connectivity index (χ3n) is 4.49. The lowest BCUT2D eigenvalue weighted by Crippen LogP contribution is -2.55. The Balaban J connectivity index is 1.98. The van der Waals surface area contributed by atoms with E-state index in [9.17, 15) is 14.4 Å². The van der Waals surface area contributed by atoms with Gasteiger partial charge in [0.15, 0.2) is 0 Å². The average molecular weight is 393 g/mol. The molecule has 1 fully saturated rings. The summed E-state index contributed by atoms with van der Waals surface area (Å²) in [6.45, 7) is 5.24. The third-order valence-corrected chi connectivity index (χ3v) is 4.49. The fourth-order valence-corrected chi connectivity index (χ4v) is 3.00. The monoisotopic (exact) mass is 393 g/mol. The predicted octanol–water partition coefficient (Wildman–Crippen LogP) is 1.12. The molecular formula is C19H27N3O6. The number of nitrogens with one attached hydrogen (secondary N) is 1. The Morgan fingerprint density at radius 3 is 2.07 bits per heavy atom. The van der Waals surface area contributed by atoms with Crippen LogP contribution < -0.4 is 14.8 Å². The molecule has 154 valence electrons. The zero-order chi connectivity index (χ0) is 20.7. The summed E-state index contributed by atoms with van der Waals surface area (Å²) < 4.78 is 15.4. The summed E-state index contributed by atoms with van der Waals surface area (Å²) in [7, 11) is 2.92. The van der Waals surface area contributed by atoms with Crippen molar-refractivity contribution in [3.8, 4) is 11.5 Å². The number of piperazine rings is 1. The van der Waals surface area contributed by atoms with E-state index >= 15 is 0 Å². The molecule has 3 amide bonds. The molecule has 2 rings (SSSR count). The molecule has 0 saturated carbocycles. The Labute approximate surface area is 164 Å². The minimum atomic E-state index is -0.740. The van der Waals surface area contributed by atoms with E-state index in [4.69, 9.17) is 14.2 Å². The second kappa shape index (κ2) is 9.82. The van der Waals surface area contributed by atoms with Crippen molar-refractivity contribution >= 4 is 17.9 Å². The third kappa shape index (κ3) is 4.85. The number of methoxy groups -OCH3 is 2. The summed E-state index contributed by atoms with van der Waals surface area (Å²) in [6.07, 6.45) is -0.376. The molecule has 9 nitrogen and oxygen atoms in total. The summed E-state index contributed by atoms with van der Waals surface area (Å²) in [4.78, 5) is 40.3. The van der Waals surface area contributed by atoms with Crippen LogP contribution in [-0.4, -0.2) is 80.8 Å². The molecule has 28 heavy (non-hydrogen) atoms. The van der Waals surface area contributed by atoms with E-state index in [1.54, 1.807) is 41.8 Å². The van der Waals surface area contributed by atoms with Crippen LogP contribution in [0.15, 0.2) is 18.2 Å². The first-order valence-corrected chi connectivity index (χ1v) is 9.15. The molecule has 1 saturated heterocycles. The van der Waals surface area contributed by atoms with E-state index in [1.807, 2.05) is 0 Å². The van der Waals surface area contributed by atoms with E-state index in [2.05, 4.69) is 5.32 Å². The van der Waals surface area contributed by atoms with E-state index in [0.29, 0.717) is 44.3 Å². The lowest BCUT2D eigenvalue weighted by Gasteiger charge is -2.35. The first kappa shape index (κ1) is 21.3. The van der Waals surface area contributed by atoms with Crippen molar-refractivity contribution in [3.05, 3.63) is 23.8 Å². The number of amides is 3. The Hall–Kier alpha value is -2.97. The highest BCUT2D eigenvalue weighted by molar-refractivity contribution is 6.01. The van der Waals surface area contributed by atoms with Crippen LogP contribution in [0.1, 0.15) is 24.2 Å². The van der Waals surface area contributed by atoms with Gasteiger partial charge in [0, 0.05) is 26.2 Å². The minimum absolute atomic E-state index is 0.217. The number of benzene rings is 1. The smallest absolute Gasteiger partial charge is 0.409 e. The van der Waals surface area contributed by atoms with Gasteiger partial charge >= 0.3 is 6.09 Å². The number of ether oxygens (including phenoxy) is 3. The van der Waals surface area contributed by atoms with Crippen molar-refractivity contribution < 1.29 is 28.6 Å². The van der Waals surface area contributed by atoms with Gasteiger partial charge in [0.05, 0.1) is 20.8 Å². The summed E-state index contributed by atoms with van der Waals surface area (Å²) in [5.74, 6) is 0.0464. The number of hydrogen-bond donors (Lipinski definition) is 1. The van der Waals surface area contributed by atoms with Crippen LogP contribution in [0.2, 0.25) is 0 Å². The van der Waals surface area contributed by atoms with Crippen LogP contribution in [0, 0.1) is 0 Å². The van der Waals surface area contributed by atoms with Crippen molar-refractivity contribution in [2.24, 2.45) is 0 Å². The summed E-state index contributed by atoms with van der Waals surface area (Å²) in [5, 5.41) is 2.70. The number of carbonyl (C=O) groups excluding carboxylic acids is 3. The molecule has 1 aromatic rings. The second-order valence-corrected chi connectivity index (χ2v) is 6.24. The molecule has 0 unspecified atom stereocenters. The largest absolute Gasteiger partial charge is 0.496 e. The van der Waals surface area contributed by atoms with Crippen LogP contribution in [0.5, 0.6) is 11.5 Å². The lowest BCUT2D eigenvalue weighted by molar-refractivity contribution is -0.134. The van der Waals surface area contributed by atoms with Crippen LogP contribution in [0.4, 0.5) is 4.79 Å². The summed E-state index contributed by atoms with van der Waals surface area (Å²) >= 11 is 0. The quantitative estimate of drug-likeness (QED) is 0.778. The number of rotatable bonds is 6. The zero-order valence-corrected chi connectivity index (χ0v) is 16.7. The molecule has 1 heterocycles. The van der Waals surface area contributed by atoms with Gasteiger partial charge in [0.2, 0.25) is 5.91 Å². The Morgan fingerprint density at radius 1 is 1.04 bits per heavy atom. The van der Waals surface area contributed by atoms with Crippen LogP contribution in [0.25, 0.3) is 0 Å². The fourth-order valence-electron chi connectivity index (χ4n) is 3.00. The number of hydrogen-bond acceptors (Lipinski definition) is 6. The molecule has 1 aromatic carbocycles. The van der Waals surface area contributed by atoms with E-state index in [1.165, 1.54) is 14.2 Å². The van der Waals surface area contributed by atoms with Gasteiger partial charge in [-0.2, -0.15) is 0 Å². The molecule has 1 aliphatic heterocycles. The molecule has 0 spiro atoms. The fraction of sp³-hybridized carbons (Fsp3) is 0.526. The van der Waals surface area contributed by atoms with Gasteiger partial charge in [-0.1, -0.05) is 6.07 Å². The van der Waals surface area contributed by atoms with E-state index in [-0.39, 0.29) is 17.6 Å². The molecule has 1 aliphatic rings. The van der Waals surface area contributed by atoms with Crippen molar-refractivity contribution in [2.45, 2.75) is 19.9 Å². The zero-order valence-electron chi connectivity index (χ0n) is 16.7. The highest BCUT2D eigenvalue weighted by atomic mass is 16.6. The van der Waals surface area contributed by atoms with Gasteiger partial charge in [-0.15, -0.1) is 0 Å². The first-order valence-electron chi connectivity index (χ1n) is 9.15. The standard InChI is InChI=1S/C19H27N3O6/c1-5-28-19(25)22-11-9-21(10-12-22)18(24)13(2)20-17(23)16-14(26-3)7-6-8-15(16)27-4/h6-8,13H,5,9-12H2,1-4H3,(H,20,23)/t13-/m1/s1. The van der Waals surface area contributed by atoms with Gasteiger partial charge < -0.3 is 29.3 Å². The van der Waals surface area contributed by atoms with Gasteiger partial charge in [0.25, 0.3) is 5.91 Å². The first-order chi connectivity index (χ1) is 13.4. The Morgan fingerprint density at radius 2 is 1.57 bits per heavy atom. The molecule has 0 aliphatic carbocycles. The van der Waals surface area contributed by atoms with Gasteiger partial charge in [-0.25, -0.2) is 4.79 Å². The van der Waals surface area contributed by atoms with Crippen molar-refractivity contribution in [3.63, 3.8) is 0 Å². The van der Waals surface area contributed by atoms with Gasteiger partial charge in [-0.05, 0) is 26.0 Å². The molecule has 0 aromatic heterocycles. The summed E-state index contributed by atoms with van der Waals surface area (Å²) in [6, 6.07) is 4.28. The maximum atomic E-state index is 12.7. The Kier molecular flexibility index (Phi) is 7.48. The molecule has 1 N–H and O–H groups in total. The summed E-state index contributed by atoms with van der Waals surface area (Å²) in [5.41, 5.74) is 0.235. The van der Waals surface area contributed by atoms with Crippen LogP contribution in [-0.2, 0) is 9.53 Å². The van der Waals surface area contributed by atoms with Gasteiger partial charge in [0.1, 0.15) is 23.1 Å². The second-order valence-electron chi connectivity index (χ2n) is 6.24. The molecular weight excluding hydrogens is 366 g/mol. The molecule has 1 atom stereocenters. The number of carbonyl (C=O) groups is 3. The lowest BCUT2D eigenvalue weighted by atomic mass is 10.1. The molecule has 0 radical (unpaired) electrons. The van der Waals surface area contributed by atoms with Crippen LogP contribution >= 0.6 is 0 Å². The van der Waals surface area contributed by atoms with E-state index in [0.717, 1.165) is 0 Å². The topological polar surface area (TPSA) is 97.4 Å². The maximum Gasteiger partial charge on any atom is 0.409 e. The highest BCUT2D eigenvalue weighted by Crippen LogP contribution is 2.28. The number of nitrogens with zero attached hydrogens (tertiary/aromatic N) is 2. The normalized spacial score (nSPS) is 14.9. The van der Waals surface area contributed by atoms with Crippen molar-refractivity contribution in [1.82, 2.24) is 15.1 Å². The van der Waals surface area contributed by atoms with Crippen LogP contribution in [0.3, 0.4) is 0 Å². The van der Waals surface area contributed by atoms with Crippen molar-refractivity contribution in [1.29, 1.82) is 0 Å². The van der Waals surface area contributed by atoms with E-state index < -0.39 is 11.9 Å². The molecule has 9 heteroatoms. The predicted molar refractivity (Wildman–Crippen MR) is 102 cm³/mol. The van der Waals surface area contributed by atoms with Gasteiger partial charge in [-0.3, -0.25) is 9.59 Å². The molecule has 0 bridgehead atoms. The Bertz CT molecular complexity index is 693. The maximum absolute atomic E-state index is 12.7. The SMILES string of the molecule is CCOC(=O)N1CCN(C(=O)[C@@H](C)NC(=O)c2c(OC)cccc2OC)CC1. The van der Waals surface area contributed by atoms with Crippen molar-refractivity contribution in [2.75, 3.05) is 47.0 Å². The highest BCUT2D eigenvalue weighted by Gasteiger charge is 2.29.